The fourth-order valence-corrected chi connectivity index (χ4v) is 6.57. The van der Waals surface area contributed by atoms with Gasteiger partial charge in [-0.15, -0.1) is 0 Å². The van der Waals surface area contributed by atoms with Crippen molar-refractivity contribution < 1.29 is 28.8 Å². The van der Waals surface area contributed by atoms with Crippen LogP contribution in [0.25, 0.3) is 10.9 Å². The first-order chi connectivity index (χ1) is 22.1. The number of hydrogen-bond acceptors (Lipinski definition) is 7. The Morgan fingerprint density at radius 2 is 1.76 bits per heavy atom. The fourth-order valence-electron chi connectivity index (χ4n) is 6.57. The summed E-state index contributed by atoms with van der Waals surface area (Å²) in [6.07, 6.45) is 7.26. The van der Waals surface area contributed by atoms with E-state index < -0.39 is 41.3 Å². The van der Waals surface area contributed by atoms with Crippen molar-refractivity contribution in [3.8, 4) is 0 Å². The van der Waals surface area contributed by atoms with Gasteiger partial charge in [-0.2, -0.15) is 4.73 Å². The van der Waals surface area contributed by atoms with Crippen LogP contribution in [0.2, 0.25) is 0 Å². The maximum Gasteiger partial charge on any atom is 0.248 e. The summed E-state index contributed by atoms with van der Waals surface area (Å²) in [5.41, 5.74) is 0.0254. The summed E-state index contributed by atoms with van der Waals surface area (Å²) in [6, 6.07) is 3.75. The van der Waals surface area contributed by atoms with Crippen LogP contribution in [0.4, 0.5) is 0 Å². The van der Waals surface area contributed by atoms with E-state index in [0.717, 1.165) is 12.8 Å². The predicted octanol–water partition coefficient (Wildman–Crippen LogP) is 3.65. The van der Waals surface area contributed by atoms with Crippen molar-refractivity contribution in [3.63, 3.8) is 0 Å². The van der Waals surface area contributed by atoms with Gasteiger partial charge in [0.15, 0.2) is 11.2 Å². The number of carbonyl (C=O) groups is 5. The zero-order valence-electron chi connectivity index (χ0n) is 27.5. The van der Waals surface area contributed by atoms with E-state index in [1.54, 1.807) is 29.2 Å². The normalized spacial score (nSPS) is 23.5. The van der Waals surface area contributed by atoms with Gasteiger partial charge in [0.05, 0.1) is 23.3 Å². The first-order valence-electron chi connectivity index (χ1n) is 16.8. The van der Waals surface area contributed by atoms with Crippen LogP contribution in [-0.4, -0.2) is 64.7 Å². The van der Waals surface area contributed by atoms with Crippen LogP contribution in [0.15, 0.2) is 35.3 Å². The van der Waals surface area contributed by atoms with Gasteiger partial charge in [-0.3, -0.25) is 28.8 Å². The van der Waals surface area contributed by atoms with E-state index in [1.165, 1.54) is 18.0 Å². The lowest BCUT2D eigenvalue weighted by Gasteiger charge is -2.39. The Labute approximate surface area is 270 Å². The number of ketones is 2. The number of amides is 3. The molecule has 2 aliphatic rings. The molecular formula is C35H48N4O7. The lowest BCUT2D eigenvalue weighted by molar-refractivity contribution is -0.147. The van der Waals surface area contributed by atoms with E-state index in [0.29, 0.717) is 68.8 Å². The number of para-hydroxylation sites is 1. The molecule has 46 heavy (non-hydrogen) atoms. The molecule has 0 saturated carbocycles. The minimum absolute atomic E-state index is 0.0159. The highest BCUT2D eigenvalue weighted by atomic mass is 16.6. The van der Waals surface area contributed by atoms with Crippen LogP contribution < -0.4 is 20.9 Å². The molecule has 0 bridgehead atoms. The molecule has 2 fully saturated rings. The second-order valence-electron chi connectivity index (χ2n) is 12.7. The Hall–Kier alpha value is -4.02. The Bertz CT molecular complexity index is 1500. The van der Waals surface area contributed by atoms with Crippen LogP contribution >= 0.6 is 0 Å². The number of fused-ring (bicyclic) bond motifs is 2. The van der Waals surface area contributed by atoms with Gasteiger partial charge >= 0.3 is 0 Å². The van der Waals surface area contributed by atoms with E-state index in [4.69, 9.17) is 4.84 Å². The molecule has 11 nitrogen and oxygen atoms in total. The van der Waals surface area contributed by atoms with E-state index in [9.17, 15) is 28.8 Å². The van der Waals surface area contributed by atoms with Crippen molar-refractivity contribution in [1.82, 2.24) is 20.3 Å². The maximum atomic E-state index is 14.2. The van der Waals surface area contributed by atoms with Crippen molar-refractivity contribution in [2.45, 2.75) is 110 Å². The summed E-state index contributed by atoms with van der Waals surface area (Å²) >= 11 is 0. The van der Waals surface area contributed by atoms with Gasteiger partial charge < -0.3 is 20.4 Å². The minimum Gasteiger partial charge on any atom is -0.417 e. The fraction of sp³-hybridized carbons (Fsp3) is 0.600. The van der Waals surface area contributed by atoms with Crippen molar-refractivity contribution in [2.75, 3.05) is 13.7 Å². The molecule has 1 aromatic heterocycles. The van der Waals surface area contributed by atoms with Gasteiger partial charge in [0, 0.05) is 37.1 Å². The molecular weight excluding hydrogens is 588 g/mol. The average molecular weight is 637 g/mol. The molecule has 2 saturated heterocycles. The van der Waals surface area contributed by atoms with Gasteiger partial charge in [-0.1, -0.05) is 52.2 Å². The molecule has 4 rings (SSSR count). The molecule has 5 atom stereocenters. The molecule has 0 unspecified atom stereocenters. The maximum absolute atomic E-state index is 14.2. The van der Waals surface area contributed by atoms with Crippen molar-refractivity contribution in [1.29, 1.82) is 0 Å². The van der Waals surface area contributed by atoms with Crippen molar-refractivity contribution in [2.24, 2.45) is 11.8 Å². The molecule has 1 aromatic carbocycles. The monoisotopic (exact) mass is 636 g/mol. The molecule has 2 aliphatic heterocycles. The Morgan fingerprint density at radius 3 is 2.48 bits per heavy atom. The first-order valence-corrected chi connectivity index (χ1v) is 16.8. The summed E-state index contributed by atoms with van der Waals surface area (Å²) in [6.45, 7) is 6.01. The third-order valence-electron chi connectivity index (χ3n) is 9.62. The molecule has 3 amide bonds. The van der Waals surface area contributed by atoms with Crippen LogP contribution in [-0.2, 0) is 24.0 Å². The van der Waals surface area contributed by atoms with E-state index in [2.05, 4.69) is 10.6 Å². The number of aromatic nitrogens is 1. The van der Waals surface area contributed by atoms with Gasteiger partial charge in [0.2, 0.25) is 17.7 Å². The molecule has 0 spiro atoms. The topological polar surface area (TPSA) is 144 Å². The number of rotatable bonds is 11. The largest absolute Gasteiger partial charge is 0.417 e. The molecule has 2 N–H and O–H groups in total. The number of unbranched alkanes of at least 4 members (excludes halogenated alkanes) is 2. The summed E-state index contributed by atoms with van der Waals surface area (Å²) in [5, 5.41) is 5.99. The van der Waals surface area contributed by atoms with Gasteiger partial charge in [0.1, 0.15) is 25.0 Å². The zero-order chi connectivity index (χ0) is 33.4. The molecule has 250 valence electrons. The Morgan fingerprint density at radius 1 is 1.00 bits per heavy atom. The van der Waals surface area contributed by atoms with Crippen LogP contribution in [0, 0.1) is 11.8 Å². The number of nitrogens with one attached hydrogen (secondary N) is 2. The molecule has 0 aliphatic carbocycles. The third-order valence-corrected chi connectivity index (χ3v) is 9.62. The number of hydrogen-bond donors (Lipinski definition) is 2. The van der Waals surface area contributed by atoms with Gasteiger partial charge in [-0.05, 0) is 50.2 Å². The van der Waals surface area contributed by atoms with Gasteiger partial charge in [0.25, 0.3) is 0 Å². The minimum atomic E-state index is -1.44. The second kappa shape index (κ2) is 16.0. The van der Waals surface area contributed by atoms with E-state index in [-0.39, 0.29) is 35.4 Å². The predicted molar refractivity (Wildman–Crippen MR) is 174 cm³/mol. The number of piperidine rings is 1. The van der Waals surface area contributed by atoms with E-state index in [1.807, 2.05) is 20.8 Å². The number of pyridine rings is 1. The second-order valence-corrected chi connectivity index (χ2v) is 12.7. The highest BCUT2D eigenvalue weighted by Crippen LogP contribution is 2.27. The highest BCUT2D eigenvalue weighted by Gasteiger charge is 2.41. The molecule has 3 heterocycles. The quantitative estimate of drug-likeness (QED) is 0.359. The number of benzene rings is 1. The number of nitrogens with zero attached hydrogens (tertiary/aromatic N) is 2. The number of Topliss-reactive ketones (excluding diaryl/α,β-unsaturated/α-hetero) is 2. The average Bonchev–Trinajstić information content (AvgIpc) is 3.07. The zero-order valence-corrected chi connectivity index (χ0v) is 27.5. The SMILES string of the molecule is CCC(=O)CCCCC[C@@H]1CC(=O)[C@H]2CCCCN2C(=O)[C@H]([C@H](C)CC)NC(=O)[C@H](c2cn(OC)c3ccccc3c2=O)NC1=O. The van der Waals surface area contributed by atoms with Gasteiger partial charge in [-0.25, -0.2) is 0 Å². The smallest absolute Gasteiger partial charge is 0.248 e. The summed E-state index contributed by atoms with van der Waals surface area (Å²) < 4.78 is 1.37. The first kappa shape index (κ1) is 34.8. The Kier molecular flexibility index (Phi) is 12.1. The van der Waals surface area contributed by atoms with Crippen molar-refractivity contribution >= 4 is 40.2 Å². The lowest BCUT2D eigenvalue weighted by Crippen LogP contribution is -2.59. The molecule has 0 radical (unpaired) electrons. The Balaban J connectivity index is 1.76. The molecule has 2 aromatic rings. The summed E-state index contributed by atoms with van der Waals surface area (Å²) in [4.78, 5) is 88.9. The molecule has 11 heteroatoms. The van der Waals surface area contributed by atoms with Crippen LogP contribution in [0.1, 0.15) is 103 Å². The van der Waals surface area contributed by atoms with Crippen LogP contribution in [0.3, 0.4) is 0 Å². The van der Waals surface area contributed by atoms with Crippen LogP contribution in [0.5, 0.6) is 0 Å². The standard InChI is InChI=1S/C35H48N4O7/c1-5-22(3)30-35(45)38-19-13-12-18-28(38)29(41)20-23(14-8-7-9-15-24(40)6-2)33(43)37-31(34(44)36-30)26-21-39(46-4)27-17-11-10-16-25(27)32(26)42/h10-11,16-17,21-23,28,30-31H,5-9,12-15,18-20H2,1-4H3,(H,36,44)(H,37,43)/t22-,23-,28-,30+,31+/m1/s1. The van der Waals surface area contributed by atoms with E-state index >= 15 is 0 Å². The summed E-state index contributed by atoms with van der Waals surface area (Å²) in [5.74, 6) is -2.55. The third kappa shape index (κ3) is 7.85. The van der Waals surface area contributed by atoms with Crippen molar-refractivity contribution in [3.05, 3.63) is 46.2 Å². The lowest BCUT2D eigenvalue weighted by atomic mass is 9.87. The summed E-state index contributed by atoms with van der Waals surface area (Å²) in [7, 11) is 1.43. The highest BCUT2D eigenvalue weighted by molar-refractivity contribution is 5.98. The number of carbonyl (C=O) groups excluding carboxylic acids is 5.